The number of hydrogen-bond acceptors (Lipinski definition) is 4. The first-order valence-corrected chi connectivity index (χ1v) is 11.2. The number of nitrogens with one attached hydrogen (secondary N) is 2. The summed E-state index contributed by atoms with van der Waals surface area (Å²) < 4.78 is 0.992. The fraction of sp³-hybridized carbons (Fsp3) is 0.478. The quantitative estimate of drug-likeness (QED) is 0.565. The highest BCUT2D eigenvalue weighted by molar-refractivity contribution is 9.10. The fourth-order valence-corrected chi connectivity index (χ4v) is 4.69. The van der Waals surface area contributed by atoms with Gasteiger partial charge in [-0.3, -0.25) is 9.59 Å². The van der Waals surface area contributed by atoms with Crippen LogP contribution in [-0.2, 0) is 22.7 Å². The third kappa shape index (κ3) is 6.03. The van der Waals surface area contributed by atoms with Crippen molar-refractivity contribution in [2.45, 2.75) is 39.0 Å². The zero-order valence-electron chi connectivity index (χ0n) is 17.3. The predicted molar refractivity (Wildman–Crippen MR) is 120 cm³/mol. The van der Waals surface area contributed by atoms with Gasteiger partial charge in [0, 0.05) is 37.1 Å². The lowest BCUT2D eigenvalue weighted by molar-refractivity contribution is -0.134. The Labute approximate surface area is 186 Å². The largest absolute Gasteiger partial charge is 0.392 e. The standard InChI is InChI=1S/C23H30BrN3O3/c1-16(29)25-13-23(30)27-10-9-22(21(14-27)17-5-3-2-4-6-17)26-12-19-11-20(24)8-7-18(19)15-28/h2-5,7-8,11,17,21-22,26,28H,6,9-10,12-15H2,1H3,(H,25,29)/t17?,21-,22-/m0/s1. The van der Waals surface area contributed by atoms with Gasteiger partial charge in [-0.2, -0.15) is 0 Å². The highest BCUT2D eigenvalue weighted by atomic mass is 79.9. The first-order chi connectivity index (χ1) is 14.5. The maximum absolute atomic E-state index is 12.6. The van der Waals surface area contributed by atoms with Crippen LogP contribution >= 0.6 is 15.9 Å². The average molecular weight is 476 g/mol. The number of halogens is 1. The molecule has 7 heteroatoms. The fourth-order valence-electron chi connectivity index (χ4n) is 4.28. The Morgan fingerprint density at radius 3 is 2.80 bits per heavy atom. The number of amides is 2. The molecule has 2 amide bonds. The molecule has 6 nitrogen and oxygen atoms in total. The number of carbonyl (C=O) groups excluding carboxylic acids is 2. The summed E-state index contributed by atoms with van der Waals surface area (Å²) >= 11 is 3.51. The normalized spacial score (nSPS) is 23.4. The minimum Gasteiger partial charge on any atom is -0.392 e. The molecule has 0 bridgehead atoms. The molecule has 30 heavy (non-hydrogen) atoms. The van der Waals surface area contributed by atoms with Crippen LogP contribution in [0.15, 0.2) is 47.0 Å². The number of piperidine rings is 1. The monoisotopic (exact) mass is 475 g/mol. The summed E-state index contributed by atoms with van der Waals surface area (Å²) in [5.41, 5.74) is 2.00. The third-order valence-electron chi connectivity index (χ3n) is 5.96. The van der Waals surface area contributed by atoms with Gasteiger partial charge in [0.05, 0.1) is 13.2 Å². The van der Waals surface area contributed by atoms with E-state index >= 15 is 0 Å². The molecule has 1 heterocycles. The molecule has 0 radical (unpaired) electrons. The minimum atomic E-state index is -0.189. The van der Waals surface area contributed by atoms with Crippen molar-refractivity contribution in [1.29, 1.82) is 0 Å². The van der Waals surface area contributed by atoms with Crippen molar-refractivity contribution in [3.05, 3.63) is 58.1 Å². The number of aliphatic hydroxyl groups is 1. The topological polar surface area (TPSA) is 81.7 Å². The van der Waals surface area contributed by atoms with E-state index in [0.717, 1.165) is 28.4 Å². The molecule has 1 aromatic carbocycles. The molecule has 2 aliphatic rings. The molecule has 162 valence electrons. The number of rotatable bonds is 7. The lowest BCUT2D eigenvalue weighted by atomic mass is 9.78. The van der Waals surface area contributed by atoms with Gasteiger partial charge in [-0.05, 0) is 47.9 Å². The number of likely N-dealkylation sites (tertiary alicyclic amines) is 1. The van der Waals surface area contributed by atoms with Crippen molar-refractivity contribution >= 4 is 27.7 Å². The van der Waals surface area contributed by atoms with Crippen LogP contribution < -0.4 is 10.6 Å². The van der Waals surface area contributed by atoms with Crippen LogP contribution in [0.2, 0.25) is 0 Å². The number of carbonyl (C=O) groups is 2. The van der Waals surface area contributed by atoms with Crippen LogP contribution in [0.3, 0.4) is 0 Å². The number of allylic oxidation sites excluding steroid dienone is 4. The van der Waals surface area contributed by atoms with E-state index in [9.17, 15) is 14.7 Å². The van der Waals surface area contributed by atoms with Crippen LogP contribution in [0.4, 0.5) is 0 Å². The zero-order valence-corrected chi connectivity index (χ0v) is 18.9. The smallest absolute Gasteiger partial charge is 0.241 e. The number of nitrogens with zero attached hydrogens (tertiary/aromatic N) is 1. The van der Waals surface area contributed by atoms with Gasteiger partial charge < -0.3 is 20.6 Å². The molecule has 3 N–H and O–H groups in total. The first kappa shape index (κ1) is 22.7. The van der Waals surface area contributed by atoms with Crippen molar-refractivity contribution < 1.29 is 14.7 Å². The van der Waals surface area contributed by atoms with Crippen molar-refractivity contribution in [2.24, 2.45) is 11.8 Å². The molecule has 0 aromatic heterocycles. The summed E-state index contributed by atoms with van der Waals surface area (Å²) in [7, 11) is 0. The number of hydrogen-bond donors (Lipinski definition) is 3. The van der Waals surface area contributed by atoms with Crippen LogP contribution in [-0.4, -0.2) is 47.5 Å². The maximum Gasteiger partial charge on any atom is 0.241 e. The second-order valence-electron chi connectivity index (χ2n) is 7.97. The van der Waals surface area contributed by atoms with E-state index in [4.69, 9.17) is 0 Å². The molecule has 0 spiro atoms. The van der Waals surface area contributed by atoms with E-state index in [1.54, 1.807) is 0 Å². The van der Waals surface area contributed by atoms with E-state index in [0.29, 0.717) is 25.6 Å². The Balaban J connectivity index is 1.69. The Morgan fingerprint density at radius 2 is 2.10 bits per heavy atom. The van der Waals surface area contributed by atoms with E-state index < -0.39 is 0 Å². The van der Waals surface area contributed by atoms with Crippen molar-refractivity contribution in [3.8, 4) is 0 Å². The van der Waals surface area contributed by atoms with Gasteiger partial charge in [-0.15, -0.1) is 0 Å². The van der Waals surface area contributed by atoms with Gasteiger partial charge in [0.2, 0.25) is 11.8 Å². The van der Waals surface area contributed by atoms with E-state index in [-0.39, 0.29) is 36.9 Å². The summed E-state index contributed by atoms with van der Waals surface area (Å²) in [6, 6.07) is 6.19. The van der Waals surface area contributed by atoms with Crippen molar-refractivity contribution in [2.75, 3.05) is 19.6 Å². The summed E-state index contributed by atoms with van der Waals surface area (Å²) in [5, 5.41) is 16.0. The Bertz CT molecular complexity index is 824. The van der Waals surface area contributed by atoms with E-state index in [1.165, 1.54) is 6.92 Å². The molecule has 3 rings (SSSR count). The van der Waals surface area contributed by atoms with Gasteiger partial charge in [-0.25, -0.2) is 0 Å². The maximum atomic E-state index is 12.6. The van der Waals surface area contributed by atoms with Crippen LogP contribution in [0.25, 0.3) is 0 Å². The van der Waals surface area contributed by atoms with Crippen LogP contribution in [0.5, 0.6) is 0 Å². The highest BCUT2D eigenvalue weighted by Crippen LogP contribution is 2.30. The van der Waals surface area contributed by atoms with Gasteiger partial charge in [0.1, 0.15) is 0 Å². The molecule has 1 saturated heterocycles. The molecular formula is C23H30BrN3O3. The van der Waals surface area contributed by atoms with Crippen LogP contribution in [0.1, 0.15) is 30.9 Å². The third-order valence-corrected chi connectivity index (χ3v) is 6.45. The summed E-state index contributed by atoms with van der Waals surface area (Å²) in [6.45, 7) is 3.50. The minimum absolute atomic E-state index is 0.0139. The van der Waals surface area contributed by atoms with Crippen molar-refractivity contribution in [1.82, 2.24) is 15.5 Å². The Kier molecular flexibility index (Phi) is 8.24. The summed E-state index contributed by atoms with van der Waals surface area (Å²) in [4.78, 5) is 25.6. The molecule has 0 saturated carbocycles. The highest BCUT2D eigenvalue weighted by Gasteiger charge is 2.35. The Hall–Kier alpha value is -1.96. The zero-order chi connectivity index (χ0) is 21.5. The molecule has 1 aliphatic heterocycles. The molecule has 3 atom stereocenters. The number of benzene rings is 1. The summed E-state index contributed by atoms with van der Waals surface area (Å²) in [6.07, 6.45) is 10.4. The average Bonchev–Trinajstić information content (AvgIpc) is 2.76. The van der Waals surface area contributed by atoms with Gasteiger partial charge in [0.15, 0.2) is 0 Å². The van der Waals surface area contributed by atoms with Crippen molar-refractivity contribution in [3.63, 3.8) is 0 Å². The molecule has 1 aliphatic carbocycles. The van der Waals surface area contributed by atoms with E-state index in [2.05, 4.69) is 50.9 Å². The van der Waals surface area contributed by atoms with E-state index in [1.807, 2.05) is 23.1 Å². The Morgan fingerprint density at radius 1 is 1.27 bits per heavy atom. The molecule has 1 fully saturated rings. The molecule has 1 unspecified atom stereocenters. The molecule has 1 aromatic rings. The second kappa shape index (κ2) is 10.9. The summed E-state index contributed by atoms with van der Waals surface area (Å²) in [5.74, 6) is 0.429. The SMILES string of the molecule is CC(=O)NCC(=O)N1CC[C@H](NCc2cc(Br)ccc2CO)[C@H](C2C=CC=CC2)C1. The first-order valence-electron chi connectivity index (χ1n) is 10.4. The molecular weight excluding hydrogens is 446 g/mol. The van der Waals surface area contributed by atoms with Crippen LogP contribution in [0, 0.1) is 11.8 Å². The predicted octanol–water partition coefficient (Wildman–Crippen LogP) is 2.52. The second-order valence-corrected chi connectivity index (χ2v) is 8.89. The number of aliphatic hydroxyl groups excluding tert-OH is 1. The van der Waals surface area contributed by atoms with Gasteiger partial charge >= 0.3 is 0 Å². The van der Waals surface area contributed by atoms with Gasteiger partial charge in [-0.1, -0.05) is 46.3 Å². The van der Waals surface area contributed by atoms with Gasteiger partial charge in [0.25, 0.3) is 0 Å². The lowest BCUT2D eigenvalue weighted by Crippen LogP contribution is -2.54. The lowest BCUT2D eigenvalue weighted by Gasteiger charge is -2.42.